The van der Waals surface area contributed by atoms with E-state index in [1.165, 1.54) is 42.7 Å². The van der Waals surface area contributed by atoms with Crippen molar-refractivity contribution in [1.82, 2.24) is 24.7 Å². The fourth-order valence-corrected chi connectivity index (χ4v) is 3.97. The molecule has 1 amide bonds. The van der Waals surface area contributed by atoms with Crippen molar-refractivity contribution in [2.24, 2.45) is 0 Å². The Morgan fingerprint density at radius 1 is 1.06 bits per heavy atom. The van der Waals surface area contributed by atoms with Gasteiger partial charge in [0.25, 0.3) is 0 Å². The van der Waals surface area contributed by atoms with Crippen LogP contribution in [-0.4, -0.2) is 36.8 Å². The van der Waals surface area contributed by atoms with Crippen molar-refractivity contribution in [3.05, 3.63) is 90.1 Å². The highest BCUT2D eigenvalue weighted by Crippen LogP contribution is 2.33. The SMILES string of the molecule is O=C(N(c1cccc(Cl)c1)c1cccc(Cn2cc(-c3ncnc4[nH]ccc34)cn2)c1)C(F)(F)F. The highest BCUT2D eigenvalue weighted by molar-refractivity contribution is 6.31. The van der Waals surface area contributed by atoms with Crippen LogP contribution in [-0.2, 0) is 11.3 Å². The number of carbonyl (C=O) groups excluding carboxylic acids is 1. The molecule has 0 fully saturated rings. The lowest BCUT2D eigenvalue weighted by Crippen LogP contribution is -2.38. The van der Waals surface area contributed by atoms with Gasteiger partial charge in [0.05, 0.1) is 24.1 Å². The van der Waals surface area contributed by atoms with Crippen LogP contribution in [0.2, 0.25) is 5.02 Å². The summed E-state index contributed by atoms with van der Waals surface area (Å²) < 4.78 is 41.9. The number of anilines is 2. The molecule has 0 spiro atoms. The minimum absolute atomic E-state index is 0.0117. The fourth-order valence-electron chi connectivity index (χ4n) is 3.78. The molecular weight excluding hydrogens is 481 g/mol. The number of hydrogen-bond donors (Lipinski definition) is 1. The number of fused-ring (bicyclic) bond motifs is 1. The van der Waals surface area contributed by atoms with Gasteiger partial charge in [-0.2, -0.15) is 18.3 Å². The second-order valence-corrected chi connectivity index (χ2v) is 8.11. The third kappa shape index (κ3) is 4.60. The Kier molecular flexibility index (Phi) is 5.73. The number of hydrogen-bond acceptors (Lipinski definition) is 4. The first-order chi connectivity index (χ1) is 16.8. The summed E-state index contributed by atoms with van der Waals surface area (Å²) >= 11 is 5.97. The molecule has 0 atom stereocenters. The first-order valence-corrected chi connectivity index (χ1v) is 10.7. The van der Waals surface area contributed by atoms with Gasteiger partial charge in [-0.05, 0) is 42.0 Å². The van der Waals surface area contributed by atoms with Crippen molar-refractivity contribution in [3.63, 3.8) is 0 Å². The van der Waals surface area contributed by atoms with Crippen LogP contribution in [0.1, 0.15) is 5.56 Å². The average molecular weight is 497 g/mol. The number of alkyl halides is 3. The van der Waals surface area contributed by atoms with Crippen LogP contribution in [0.15, 0.2) is 79.5 Å². The third-order valence-electron chi connectivity index (χ3n) is 5.29. The molecular formula is C24H16ClF3N6O. The lowest BCUT2D eigenvalue weighted by atomic mass is 10.1. The Morgan fingerprint density at radius 3 is 2.60 bits per heavy atom. The van der Waals surface area contributed by atoms with E-state index < -0.39 is 12.1 Å². The fraction of sp³-hybridized carbons (Fsp3) is 0.0833. The molecule has 0 saturated carbocycles. The monoisotopic (exact) mass is 496 g/mol. The maximum atomic E-state index is 13.4. The zero-order valence-corrected chi connectivity index (χ0v) is 18.6. The molecule has 35 heavy (non-hydrogen) atoms. The van der Waals surface area contributed by atoms with Crippen molar-refractivity contribution >= 4 is 39.9 Å². The van der Waals surface area contributed by atoms with E-state index in [1.54, 1.807) is 35.4 Å². The summed E-state index contributed by atoms with van der Waals surface area (Å²) in [6, 6.07) is 13.9. The number of rotatable bonds is 5. The van der Waals surface area contributed by atoms with Crippen molar-refractivity contribution < 1.29 is 18.0 Å². The number of aromatic nitrogens is 5. The Morgan fingerprint density at radius 2 is 1.83 bits per heavy atom. The Bertz CT molecular complexity index is 1530. The second-order valence-electron chi connectivity index (χ2n) is 7.68. The Balaban J connectivity index is 1.46. The number of aromatic amines is 1. The van der Waals surface area contributed by atoms with Crippen LogP contribution in [0, 0.1) is 0 Å². The zero-order valence-electron chi connectivity index (χ0n) is 17.9. The number of carbonyl (C=O) groups is 1. The molecule has 0 aliphatic carbocycles. The molecule has 2 aromatic carbocycles. The van der Waals surface area contributed by atoms with Crippen LogP contribution >= 0.6 is 11.6 Å². The quantitative estimate of drug-likeness (QED) is 0.336. The number of nitrogens with zero attached hydrogens (tertiary/aromatic N) is 5. The highest BCUT2D eigenvalue weighted by atomic mass is 35.5. The average Bonchev–Trinajstić information content (AvgIpc) is 3.48. The number of nitrogens with one attached hydrogen (secondary N) is 1. The van der Waals surface area contributed by atoms with Crippen molar-refractivity contribution in [1.29, 1.82) is 0 Å². The van der Waals surface area contributed by atoms with E-state index in [-0.39, 0.29) is 22.9 Å². The predicted molar refractivity (Wildman–Crippen MR) is 125 cm³/mol. The molecule has 1 N–H and O–H groups in total. The first-order valence-electron chi connectivity index (χ1n) is 10.4. The summed E-state index contributed by atoms with van der Waals surface area (Å²) in [5.41, 5.74) is 2.89. The molecule has 3 heterocycles. The van der Waals surface area contributed by atoms with Gasteiger partial charge < -0.3 is 4.98 Å². The third-order valence-corrected chi connectivity index (χ3v) is 5.52. The highest BCUT2D eigenvalue weighted by Gasteiger charge is 2.43. The van der Waals surface area contributed by atoms with Gasteiger partial charge in [0.1, 0.15) is 12.0 Å². The van der Waals surface area contributed by atoms with E-state index in [0.717, 1.165) is 10.9 Å². The number of H-pyrrole nitrogens is 1. The summed E-state index contributed by atoms with van der Waals surface area (Å²) in [5, 5.41) is 5.42. The molecule has 5 rings (SSSR count). The lowest BCUT2D eigenvalue weighted by Gasteiger charge is -2.24. The van der Waals surface area contributed by atoms with Crippen LogP contribution < -0.4 is 4.90 Å². The lowest BCUT2D eigenvalue weighted by molar-refractivity contribution is -0.169. The van der Waals surface area contributed by atoms with Crippen molar-refractivity contribution in [3.8, 4) is 11.3 Å². The molecule has 176 valence electrons. The molecule has 3 aromatic heterocycles. The Hall–Kier alpha value is -4.18. The van der Waals surface area contributed by atoms with E-state index in [2.05, 4.69) is 20.1 Å². The van der Waals surface area contributed by atoms with Gasteiger partial charge in [-0.3, -0.25) is 14.4 Å². The molecule has 0 saturated heterocycles. The summed E-state index contributed by atoms with van der Waals surface area (Å²) in [4.78, 5) is 24.5. The minimum atomic E-state index is -5.07. The van der Waals surface area contributed by atoms with Crippen molar-refractivity contribution in [2.75, 3.05) is 4.90 Å². The van der Waals surface area contributed by atoms with Gasteiger partial charge in [-0.15, -0.1) is 0 Å². The predicted octanol–water partition coefficient (Wildman–Crippen LogP) is 5.75. The molecule has 7 nitrogen and oxygen atoms in total. The van der Waals surface area contributed by atoms with Crippen LogP contribution in [0.3, 0.4) is 0 Å². The maximum absolute atomic E-state index is 13.4. The standard InChI is InChI=1S/C24H16ClF3N6O/c25-17-4-2-6-19(10-17)34(23(35)24(26,27)28)18-5-1-3-15(9-18)12-33-13-16(11-32-33)21-20-7-8-29-22(20)31-14-30-21/h1-11,13-14H,12H2,(H,29,30,31). The smallest absolute Gasteiger partial charge is 0.346 e. The van der Waals surface area contributed by atoms with E-state index in [1.807, 2.05) is 6.07 Å². The summed E-state index contributed by atoms with van der Waals surface area (Å²) in [6.45, 7) is 0.263. The van der Waals surface area contributed by atoms with E-state index in [4.69, 9.17) is 11.6 Å². The van der Waals surface area contributed by atoms with E-state index >= 15 is 0 Å². The van der Waals surface area contributed by atoms with Crippen molar-refractivity contribution in [2.45, 2.75) is 12.7 Å². The number of benzene rings is 2. The first kappa shape index (κ1) is 22.6. The van der Waals surface area contributed by atoms with Gasteiger partial charge >= 0.3 is 12.1 Å². The molecule has 0 unspecified atom stereocenters. The van der Waals surface area contributed by atoms with Gasteiger partial charge in [0.15, 0.2) is 0 Å². The molecule has 0 radical (unpaired) electrons. The van der Waals surface area contributed by atoms with Crippen LogP contribution in [0.4, 0.5) is 24.5 Å². The molecule has 0 aliphatic rings. The second kappa shape index (κ2) is 8.88. The number of amides is 1. The van der Waals surface area contributed by atoms with Crippen LogP contribution in [0.5, 0.6) is 0 Å². The normalized spacial score (nSPS) is 11.7. The summed E-state index contributed by atoms with van der Waals surface area (Å²) in [6.07, 6.45) is 1.60. The molecule has 11 heteroatoms. The summed E-state index contributed by atoms with van der Waals surface area (Å²) in [5.74, 6) is -2.02. The molecule has 5 aromatic rings. The van der Waals surface area contributed by atoms with E-state index in [0.29, 0.717) is 21.8 Å². The van der Waals surface area contributed by atoms with Crippen LogP contribution in [0.25, 0.3) is 22.3 Å². The topological polar surface area (TPSA) is 79.7 Å². The molecule has 0 bridgehead atoms. The van der Waals surface area contributed by atoms with E-state index in [9.17, 15) is 18.0 Å². The number of halogens is 4. The largest absolute Gasteiger partial charge is 0.472 e. The van der Waals surface area contributed by atoms with Gasteiger partial charge in [0.2, 0.25) is 0 Å². The maximum Gasteiger partial charge on any atom is 0.472 e. The Labute approximate surface area is 201 Å². The van der Waals surface area contributed by atoms with Gasteiger partial charge in [-0.25, -0.2) is 9.97 Å². The van der Waals surface area contributed by atoms with Gasteiger partial charge in [-0.1, -0.05) is 29.8 Å². The summed E-state index contributed by atoms with van der Waals surface area (Å²) in [7, 11) is 0. The minimum Gasteiger partial charge on any atom is -0.346 e. The molecule has 0 aliphatic heterocycles. The zero-order chi connectivity index (χ0) is 24.6. The van der Waals surface area contributed by atoms with Gasteiger partial charge in [0, 0.05) is 34.1 Å².